The SMILES string of the molecule is CCC[C@@H](N)c1cc(OC)c(OC)cc1Br.Cl. The molecule has 0 radical (unpaired) electrons. The van der Waals surface area contributed by atoms with Crippen molar-refractivity contribution in [3.05, 3.63) is 22.2 Å². The molecule has 0 spiro atoms. The van der Waals surface area contributed by atoms with Crippen molar-refractivity contribution in [2.24, 2.45) is 5.73 Å². The van der Waals surface area contributed by atoms with Crippen LogP contribution in [0.3, 0.4) is 0 Å². The number of hydrogen-bond donors (Lipinski definition) is 1. The predicted octanol–water partition coefficient (Wildman–Crippen LogP) is 3.69. The summed E-state index contributed by atoms with van der Waals surface area (Å²) in [6, 6.07) is 3.85. The van der Waals surface area contributed by atoms with Crippen LogP contribution in [-0.4, -0.2) is 14.2 Å². The Kier molecular flexibility index (Phi) is 7.59. The molecule has 0 unspecified atom stereocenters. The van der Waals surface area contributed by atoms with Gasteiger partial charge in [0.2, 0.25) is 0 Å². The lowest BCUT2D eigenvalue weighted by atomic mass is 10.0. The topological polar surface area (TPSA) is 44.5 Å². The number of methoxy groups -OCH3 is 2. The number of rotatable bonds is 5. The van der Waals surface area contributed by atoms with Gasteiger partial charge >= 0.3 is 0 Å². The maximum atomic E-state index is 6.10. The van der Waals surface area contributed by atoms with Crippen LogP contribution in [-0.2, 0) is 0 Å². The summed E-state index contributed by atoms with van der Waals surface area (Å²) in [5, 5.41) is 0. The second-order valence-electron chi connectivity index (χ2n) is 3.62. The van der Waals surface area contributed by atoms with Crippen LogP contribution < -0.4 is 15.2 Å². The third-order valence-electron chi connectivity index (χ3n) is 2.50. The molecule has 0 saturated heterocycles. The van der Waals surface area contributed by atoms with Gasteiger partial charge in [-0.05, 0) is 24.1 Å². The van der Waals surface area contributed by atoms with E-state index in [1.54, 1.807) is 14.2 Å². The van der Waals surface area contributed by atoms with Crippen LogP contribution in [0.5, 0.6) is 11.5 Å². The summed E-state index contributed by atoms with van der Waals surface area (Å²) in [4.78, 5) is 0. The van der Waals surface area contributed by atoms with Crippen molar-refractivity contribution in [2.45, 2.75) is 25.8 Å². The molecule has 0 aliphatic rings. The molecule has 0 aliphatic heterocycles. The molecule has 1 atom stereocenters. The van der Waals surface area contributed by atoms with Gasteiger partial charge in [-0.2, -0.15) is 0 Å². The van der Waals surface area contributed by atoms with E-state index >= 15 is 0 Å². The first-order chi connectivity index (χ1) is 7.63. The summed E-state index contributed by atoms with van der Waals surface area (Å²) in [6.45, 7) is 2.12. The summed E-state index contributed by atoms with van der Waals surface area (Å²) >= 11 is 3.51. The number of hydrogen-bond acceptors (Lipinski definition) is 3. The molecule has 3 nitrogen and oxygen atoms in total. The minimum atomic E-state index is 0. The normalized spacial score (nSPS) is 11.6. The Morgan fingerprint density at radius 3 is 2.24 bits per heavy atom. The highest BCUT2D eigenvalue weighted by Gasteiger charge is 2.14. The van der Waals surface area contributed by atoms with Gasteiger partial charge in [0.25, 0.3) is 0 Å². The highest BCUT2D eigenvalue weighted by Crippen LogP contribution is 2.36. The lowest BCUT2D eigenvalue weighted by Gasteiger charge is -2.16. The molecular formula is C12H19BrClNO2. The van der Waals surface area contributed by atoms with Crippen LogP contribution in [0.25, 0.3) is 0 Å². The third kappa shape index (κ3) is 4.05. The average molecular weight is 325 g/mol. The summed E-state index contributed by atoms with van der Waals surface area (Å²) in [5.41, 5.74) is 7.15. The minimum absolute atomic E-state index is 0. The zero-order valence-electron chi connectivity index (χ0n) is 10.3. The van der Waals surface area contributed by atoms with Crippen molar-refractivity contribution in [1.82, 2.24) is 0 Å². The highest BCUT2D eigenvalue weighted by atomic mass is 79.9. The van der Waals surface area contributed by atoms with E-state index in [4.69, 9.17) is 15.2 Å². The molecule has 0 bridgehead atoms. The van der Waals surface area contributed by atoms with Crippen molar-refractivity contribution < 1.29 is 9.47 Å². The molecule has 1 aromatic rings. The summed E-state index contributed by atoms with van der Waals surface area (Å²) in [7, 11) is 3.25. The number of halogens is 2. The van der Waals surface area contributed by atoms with Gasteiger partial charge in [-0.3, -0.25) is 0 Å². The molecule has 0 heterocycles. The highest BCUT2D eigenvalue weighted by molar-refractivity contribution is 9.10. The Morgan fingerprint density at radius 2 is 1.76 bits per heavy atom. The first kappa shape index (κ1) is 16.6. The second kappa shape index (κ2) is 7.80. The molecule has 0 aromatic heterocycles. The Balaban J connectivity index is 0.00000256. The van der Waals surface area contributed by atoms with Crippen molar-refractivity contribution in [1.29, 1.82) is 0 Å². The van der Waals surface area contributed by atoms with E-state index < -0.39 is 0 Å². The van der Waals surface area contributed by atoms with Crippen LogP contribution in [0.1, 0.15) is 31.4 Å². The summed E-state index contributed by atoms with van der Waals surface area (Å²) < 4.78 is 11.4. The van der Waals surface area contributed by atoms with Crippen LogP contribution >= 0.6 is 28.3 Å². The Labute approximate surface area is 117 Å². The first-order valence-corrected chi connectivity index (χ1v) is 6.10. The smallest absolute Gasteiger partial charge is 0.161 e. The van der Waals surface area contributed by atoms with E-state index in [1.807, 2.05) is 12.1 Å². The van der Waals surface area contributed by atoms with Crippen LogP contribution in [0.4, 0.5) is 0 Å². The zero-order valence-corrected chi connectivity index (χ0v) is 12.7. The fourth-order valence-corrected chi connectivity index (χ4v) is 2.24. The Morgan fingerprint density at radius 1 is 1.24 bits per heavy atom. The van der Waals surface area contributed by atoms with Crippen molar-refractivity contribution in [3.8, 4) is 11.5 Å². The minimum Gasteiger partial charge on any atom is -0.493 e. The van der Waals surface area contributed by atoms with Gasteiger partial charge in [0, 0.05) is 10.5 Å². The summed E-state index contributed by atoms with van der Waals surface area (Å²) in [5.74, 6) is 1.43. The Hall–Kier alpha value is -0.450. The molecule has 1 rings (SSSR count). The standard InChI is InChI=1S/C12H18BrNO2.ClH/c1-4-5-10(14)8-6-11(15-2)12(16-3)7-9(8)13;/h6-7,10H,4-5,14H2,1-3H3;1H/t10-;/m1./s1. The molecule has 1 aromatic carbocycles. The lowest BCUT2D eigenvalue weighted by Crippen LogP contribution is -2.10. The molecule has 5 heteroatoms. The van der Waals surface area contributed by atoms with E-state index in [-0.39, 0.29) is 18.4 Å². The average Bonchev–Trinajstić information content (AvgIpc) is 2.28. The summed E-state index contributed by atoms with van der Waals surface area (Å²) in [6.07, 6.45) is 2.01. The molecule has 0 fully saturated rings. The number of nitrogens with two attached hydrogens (primary N) is 1. The molecule has 98 valence electrons. The van der Waals surface area contributed by atoms with Crippen molar-refractivity contribution >= 4 is 28.3 Å². The third-order valence-corrected chi connectivity index (χ3v) is 3.19. The molecule has 0 aliphatic carbocycles. The number of benzene rings is 1. The lowest BCUT2D eigenvalue weighted by molar-refractivity contribution is 0.354. The van der Waals surface area contributed by atoms with E-state index in [0.717, 1.165) is 22.9 Å². The molecule has 0 saturated carbocycles. The van der Waals surface area contributed by atoms with Gasteiger partial charge in [0.1, 0.15) is 0 Å². The van der Waals surface area contributed by atoms with Gasteiger partial charge < -0.3 is 15.2 Å². The first-order valence-electron chi connectivity index (χ1n) is 5.31. The maximum Gasteiger partial charge on any atom is 0.161 e. The monoisotopic (exact) mass is 323 g/mol. The molecule has 0 amide bonds. The largest absolute Gasteiger partial charge is 0.493 e. The zero-order chi connectivity index (χ0) is 12.1. The van der Waals surface area contributed by atoms with Crippen LogP contribution in [0.15, 0.2) is 16.6 Å². The maximum absolute atomic E-state index is 6.10. The van der Waals surface area contributed by atoms with Gasteiger partial charge in [0.15, 0.2) is 11.5 Å². The van der Waals surface area contributed by atoms with Crippen molar-refractivity contribution in [3.63, 3.8) is 0 Å². The van der Waals surface area contributed by atoms with Gasteiger partial charge in [-0.1, -0.05) is 29.3 Å². The number of ether oxygens (including phenoxy) is 2. The predicted molar refractivity (Wildman–Crippen MR) is 76.3 cm³/mol. The molecule has 17 heavy (non-hydrogen) atoms. The van der Waals surface area contributed by atoms with Crippen LogP contribution in [0.2, 0.25) is 0 Å². The van der Waals surface area contributed by atoms with Gasteiger partial charge in [0.05, 0.1) is 14.2 Å². The fraction of sp³-hybridized carbons (Fsp3) is 0.500. The van der Waals surface area contributed by atoms with E-state index in [0.29, 0.717) is 11.5 Å². The van der Waals surface area contributed by atoms with Crippen molar-refractivity contribution in [2.75, 3.05) is 14.2 Å². The molecular weight excluding hydrogens is 305 g/mol. The second-order valence-corrected chi connectivity index (χ2v) is 4.48. The van der Waals surface area contributed by atoms with Gasteiger partial charge in [-0.25, -0.2) is 0 Å². The molecule has 2 N–H and O–H groups in total. The van der Waals surface area contributed by atoms with E-state index in [9.17, 15) is 0 Å². The van der Waals surface area contributed by atoms with E-state index in [1.165, 1.54) is 0 Å². The van der Waals surface area contributed by atoms with E-state index in [2.05, 4.69) is 22.9 Å². The quantitative estimate of drug-likeness (QED) is 0.898. The fourth-order valence-electron chi connectivity index (χ4n) is 1.62. The van der Waals surface area contributed by atoms with Crippen LogP contribution in [0, 0.1) is 0 Å². The van der Waals surface area contributed by atoms with Gasteiger partial charge in [-0.15, -0.1) is 12.4 Å². The Bertz CT molecular complexity index is 361.